The van der Waals surface area contributed by atoms with Gasteiger partial charge in [0.25, 0.3) is 11.3 Å². The van der Waals surface area contributed by atoms with E-state index in [1.54, 1.807) is 0 Å². The number of rotatable bonds is 1. The molecule has 1 aliphatic heterocycles. The minimum absolute atomic E-state index is 0.343. The number of benzene rings is 1. The van der Waals surface area contributed by atoms with Crippen LogP contribution in [-0.4, -0.2) is 30.3 Å². The van der Waals surface area contributed by atoms with Gasteiger partial charge in [0, 0.05) is 6.20 Å². The van der Waals surface area contributed by atoms with E-state index in [0.29, 0.717) is 22.4 Å². The van der Waals surface area contributed by atoms with Crippen molar-refractivity contribution in [3.05, 3.63) is 70.5 Å². The third-order valence-corrected chi connectivity index (χ3v) is 4.24. The molecule has 25 heavy (non-hydrogen) atoms. The van der Waals surface area contributed by atoms with Crippen molar-refractivity contribution in [1.82, 2.24) is 29.6 Å². The first kappa shape index (κ1) is 13.7. The van der Waals surface area contributed by atoms with E-state index >= 15 is 0 Å². The highest BCUT2D eigenvalue weighted by molar-refractivity contribution is 5.86. The standard InChI is InChI=1S/C16H11N7O2/c24-14-10-7-17-15-18-8-19-23(15)11(10)6-12-13(9-4-2-1-3-5-9)20-16(25)21-22(12)14/h1-8,13H,(H2,20,21,25)/t13-/m1/s1. The molecular formula is C16H11N7O2. The molecule has 4 aromatic rings. The molecule has 3 aromatic heterocycles. The summed E-state index contributed by atoms with van der Waals surface area (Å²) in [4.78, 5) is 33.1. The van der Waals surface area contributed by atoms with Gasteiger partial charge < -0.3 is 5.32 Å². The van der Waals surface area contributed by atoms with Crippen molar-refractivity contribution >= 4 is 22.7 Å². The minimum Gasteiger partial charge on any atom is -0.324 e. The molecule has 1 aliphatic rings. The fraction of sp³-hybridized carbons (Fsp3) is 0.0625. The Bertz CT molecular complexity index is 1200. The molecule has 0 unspecified atom stereocenters. The summed E-state index contributed by atoms with van der Waals surface area (Å²) < 4.78 is 2.76. The van der Waals surface area contributed by atoms with Crippen LogP contribution in [0.3, 0.4) is 0 Å². The Morgan fingerprint density at radius 2 is 1.92 bits per heavy atom. The molecule has 0 radical (unpaired) electrons. The molecule has 9 nitrogen and oxygen atoms in total. The summed E-state index contributed by atoms with van der Waals surface area (Å²) in [5, 5.41) is 7.33. The SMILES string of the molecule is O=C1N[C@H](c2ccccc2)c2cc3c(cnc4ncnn43)c(=O)n2N1. The lowest BCUT2D eigenvalue weighted by molar-refractivity contribution is 0.243. The van der Waals surface area contributed by atoms with Gasteiger partial charge in [-0.3, -0.25) is 4.79 Å². The normalized spacial score (nSPS) is 16.5. The molecule has 2 amide bonds. The Labute approximate surface area is 139 Å². The largest absolute Gasteiger partial charge is 0.334 e. The number of amides is 2. The van der Waals surface area contributed by atoms with Gasteiger partial charge in [-0.05, 0) is 11.6 Å². The zero-order valence-corrected chi connectivity index (χ0v) is 12.7. The molecule has 1 aromatic carbocycles. The van der Waals surface area contributed by atoms with Gasteiger partial charge in [-0.1, -0.05) is 30.3 Å². The number of fused-ring (bicyclic) bond motifs is 4. The number of hydrogen-bond acceptors (Lipinski definition) is 5. The van der Waals surface area contributed by atoms with E-state index in [9.17, 15) is 9.59 Å². The van der Waals surface area contributed by atoms with Crippen LogP contribution in [0.5, 0.6) is 0 Å². The van der Waals surface area contributed by atoms with Crippen molar-refractivity contribution < 1.29 is 4.79 Å². The number of pyridine rings is 1. The molecule has 0 saturated carbocycles. The van der Waals surface area contributed by atoms with Gasteiger partial charge in [0.05, 0.1) is 22.6 Å². The van der Waals surface area contributed by atoms with Crippen LogP contribution < -0.4 is 16.3 Å². The zero-order chi connectivity index (χ0) is 17.0. The highest BCUT2D eigenvalue weighted by atomic mass is 16.2. The molecule has 0 aliphatic carbocycles. The Morgan fingerprint density at radius 3 is 2.76 bits per heavy atom. The van der Waals surface area contributed by atoms with Crippen LogP contribution >= 0.6 is 0 Å². The van der Waals surface area contributed by atoms with Crippen LogP contribution in [0.4, 0.5) is 4.79 Å². The summed E-state index contributed by atoms with van der Waals surface area (Å²) in [6.07, 6.45) is 2.83. The van der Waals surface area contributed by atoms with E-state index in [1.807, 2.05) is 36.4 Å². The smallest absolute Gasteiger partial charge is 0.324 e. The van der Waals surface area contributed by atoms with Crippen molar-refractivity contribution in [2.24, 2.45) is 0 Å². The second-order valence-corrected chi connectivity index (χ2v) is 5.67. The number of urea groups is 1. The first-order chi connectivity index (χ1) is 12.2. The third kappa shape index (κ3) is 1.92. The highest BCUT2D eigenvalue weighted by Crippen LogP contribution is 2.25. The van der Waals surface area contributed by atoms with Crippen LogP contribution in [-0.2, 0) is 0 Å². The minimum atomic E-state index is -0.459. The molecule has 122 valence electrons. The average molecular weight is 333 g/mol. The van der Waals surface area contributed by atoms with Crippen molar-refractivity contribution in [3.63, 3.8) is 0 Å². The van der Waals surface area contributed by atoms with Gasteiger partial charge >= 0.3 is 6.03 Å². The number of nitrogens with one attached hydrogen (secondary N) is 2. The van der Waals surface area contributed by atoms with E-state index in [1.165, 1.54) is 21.7 Å². The highest BCUT2D eigenvalue weighted by Gasteiger charge is 2.28. The van der Waals surface area contributed by atoms with Gasteiger partial charge in [0.1, 0.15) is 6.33 Å². The molecule has 2 N–H and O–H groups in total. The van der Waals surface area contributed by atoms with Crippen LogP contribution in [0, 0.1) is 0 Å². The van der Waals surface area contributed by atoms with Gasteiger partial charge in [0.2, 0.25) is 0 Å². The van der Waals surface area contributed by atoms with E-state index in [2.05, 4.69) is 25.8 Å². The van der Waals surface area contributed by atoms with Gasteiger partial charge in [-0.25, -0.2) is 19.9 Å². The van der Waals surface area contributed by atoms with E-state index < -0.39 is 12.1 Å². The van der Waals surface area contributed by atoms with Crippen molar-refractivity contribution in [3.8, 4) is 0 Å². The van der Waals surface area contributed by atoms with Crippen molar-refractivity contribution in [1.29, 1.82) is 0 Å². The number of carbonyl (C=O) groups excluding carboxylic acids is 1. The summed E-state index contributed by atoms with van der Waals surface area (Å²) in [5.41, 5.74) is 4.23. The molecular weight excluding hydrogens is 322 g/mol. The Balaban J connectivity index is 1.87. The second-order valence-electron chi connectivity index (χ2n) is 5.67. The molecule has 0 saturated heterocycles. The fourth-order valence-corrected chi connectivity index (χ4v) is 3.11. The Morgan fingerprint density at radius 1 is 1.08 bits per heavy atom. The van der Waals surface area contributed by atoms with Gasteiger partial charge in [-0.2, -0.15) is 14.6 Å². The lowest BCUT2D eigenvalue weighted by Crippen LogP contribution is -2.49. The number of hydrogen-bond donors (Lipinski definition) is 2. The first-order valence-corrected chi connectivity index (χ1v) is 7.59. The van der Waals surface area contributed by atoms with Crippen molar-refractivity contribution in [2.75, 3.05) is 5.43 Å². The second kappa shape index (κ2) is 4.87. The van der Waals surface area contributed by atoms with Crippen LogP contribution in [0.15, 0.2) is 53.7 Å². The third-order valence-electron chi connectivity index (χ3n) is 4.24. The number of carbonyl (C=O) groups is 1. The van der Waals surface area contributed by atoms with Gasteiger partial charge in [0.15, 0.2) is 0 Å². The molecule has 4 heterocycles. The Hall–Kier alpha value is -3.75. The van der Waals surface area contributed by atoms with E-state index in [4.69, 9.17) is 0 Å². The van der Waals surface area contributed by atoms with E-state index in [0.717, 1.165) is 5.56 Å². The lowest BCUT2D eigenvalue weighted by atomic mass is 10.0. The maximum Gasteiger partial charge on any atom is 0.334 e. The average Bonchev–Trinajstić information content (AvgIpc) is 3.12. The number of aromatic nitrogens is 5. The predicted octanol–water partition coefficient (Wildman–Crippen LogP) is 0.795. The maximum absolute atomic E-state index is 12.9. The Kier molecular flexibility index (Phi) is 2.66. The number of nitrogens with zero attached hydrogens (tertiary/aromatic N) is 5. The maximum atomic E-state index is 12.9. The molecule has 9 heteroatoms. The van der Waals surface area contributed by atoms with Crippen LogP contribution in [0.1, 0.15) is 17.3 Å². The molecule has 0 spiro atoms. The first-order valence-electron chi connectivity index (χ1n) is 7.59. The quantitative estimate of drug-likeness (QED) is 0.536. The molecule has 0 fully saturated rings. The summed E-state index contributed by atoms with van der Waals surface area (Å²) in [6, 6.07) is 10.4. The summed E-state index contributed by atoms with van der Waals surface area (Å²) in [6.45, 7) is 0. The summed E-state index contributed by atoms with van der Waals surface area (Å²) >= 11 is 0. The van der Waals surface area contributed by atoms with Gasteiger partial charge in [-0.15, -0.1) is 0 Å². The van der Waals surface area contributed by atoms with Crippen molar-refractivity contribution in [2.45, 2.75) is 6.04 Å². The zero-order valence-electron chi connectivity index (χ0n) is 12.7. The fourth-order valence-electron chi connectivity index (χ4n) is 3.11. The molecule has 1 atom stereocenters. The monoisotopic (exact) mass is 333 g/mol. The molecule has 0 bridgehead atoms. The van der Waals surface area contributed by atoms with E-state index in [-0.39, 0.29) is 5.56 Å². The molecule has 5 rings (SSSR count). The summed E-state index contributed by atoms with van der Waals surface area (Å²) in [5.74, 6) is 0.404. The summed E-state index contributed by atoms with van der Waals surface area (Å²) in [7, 11) is 0. The van der Waals surface area contributed by atoms with Crippen LogP contribution in [0.25, 0.3) is 16.7 Å². The van der Waals surface area contributed by atoms with Crippen LogP contribution in [0.2, 0.25) is 0 Å². The predicted molar refractivity (Wildman–Crippen MR) is 88.7 cm³/mol. The lowest BCUT2D eigenvalue weighted by Gasteiger charge is -2.29. The topological polar surface area (TPSA) is 106 Å².